The molecule has 110 valence electrons. The number of aryl methyl sites for hydroxylation is 1. The maximum absolute atomic E-state index is 12.2. The highest BCUT2D eigenvalue weighted by Gasteiger charge is 2.18. The molecule has 6 heteroatoms. The van der Waals surface area contributed by atoms with Crippen molar-refractivity contribution in [2.75, 3.05) is 18.4 Å². The number of carbonyl (C=O) groups excluding carboxylic acids is 1. The molecule has 2 N–H and O–H groups in total. The van der Waals surface area contributed by atoms with Crippen LogP contribution in [0.4, 0.5) is 5.69 Å². The lowest BCUT2D eigenvalue weighted by Gasteiger charge is -2.22. The number of amides is 1. The predicted octanol–water partition coefficient (Wildman–Crippen LogP) is 1.76. The van der Waals surface area contributed by atoms with Crippen molar-refractivity contribution in [3.05, 3.63) is 41.7 Å². The first-order chi connectivity index (χ1) is 10.2. The van der Waals surface area contributed by atoms with Crippen molar-refractivity contribution in [1.29, 1.82) is 0 Å². The van der Waals surface area contributed by atoms with Gasteiger partial charge in [0.1, 0.15) is 0 Å². The number of rotatable bonds is 3. The van der Waals surface area contributed by atoms with E-state index in [0.717, 1.165) is 37.2 Å². The zero-order valence-corrected chi connectivity index (χ0v) is 12.0. The molecule has 0 bridgehead atoms. The Hall–Kier alpha value is -2.21. The summed E-state index contributed by atoms with van der Waals surface area (Å²) in [6.45, 7) is 3.92. The Bertz CT molecular complexity index is 630. The molecular formula is C15H19N5O. The summed E-state index contributed by atoms with van der Waals surface area (Å²) in [7, 11) is 0. The molecule has 2 aromatic rings. The zero-order chi connectivity index (χ0) is 14.7. The lowest BCUT2D eigenvalue weighted by Crippen LogP contribution is -2.29. The van der Waals surface area contributed by atoms with Crippen LogP contribution in [0.15, 0.2) is 30.5 Å². The monoisotopic (exact) mass is 285 g/mol. The van der Waals surface area contributed by atoms with Crippen molar-refractivity contribution in [3.8, 4) is 0 Å². The summed E-state index contributed by atoms with van der Waals surface area (Å²) in [5.41, 5.74) is 2.19. The molecule has 0 spiro atoms. The molecule has 1 aliphatic rings. The largest absolute Gasteiger partial charge is 0.320 e. The highest BCUT2D eigenvalue weighted by atomic mass is 16.2. The molecule has 21 heavy (non-hydrogen) atoms. The fraction of sp³-hybridized carbons (Fsp3) is 0.400. The van der Waals surface area contributed by atoms with Crippen molar-refractivity contribution in [1.82, 2.24) is 20.3 Å². The summed E-state index contributed by atoms with van der Waals surface area (Å²) >= 11 is 0. The second-order valence-electron chi connectivity index (χ2n) is 5.33. The van der Waals surface area contributed by atoms with Crippen LogP contribution in [-0.4, -0.2) is 34.0 Å². The van der Waals surface area contributed by atoms with Gasteiger partial charge in [0.05, 0.1) is 12.2 Å². The quantitative estimate of drug-likeness (QED) is 0.901. The van der Waals surface area contributed by atoms with Crippen LogP contribution < -0.4 is 10.6 Å². The molecule has 1 amide bonds. The Morgan fingerprint density at radius 1 is 1.33 bits per heavy atom. The molecule has 6 nitrogen and oxygen atoms in total. The smallest absolute Gasteiger partial charge is 0.277 e. The SMILES string of the molecule is Cc1ccccc1NC(=O)c1cn(C2CCNCC2)nn1. The number of hydrogen-bond acceptors (Lipinski definition) is 4. The van der Waals surface area contributed by atoms with E-state index in [1.54, 1.807) is 6.20 Å². The molecule has 1 saturated heterocycles. The van der Waals surface area contributed by atoms with E-state index >= 15 is 0 Å². The minimum absolute atomic E-state index is 0.218. The standard InChI is InChI=1S/C15H19N5O/c1-11-4-2-3-5-13(11)17-15(21)14-10-20(19-18-14)12-6-8-16-9-7-12/h2-5,10,12,16H,6-9H2,1H3,(H,17,21). The molecule has 0 saturated carbocycles. The molecule has 1 fully saturated rings. The number of nitrogens with one attached hydrogen (secondary N) is 2. The molecule has 0 radical (unpaired) electrons. The predicted molar refractivity (Wildman–Crippen MR) is 80.3 cm³/mol. The minimum Gasteiger partial charge on any atom is -0.320 e. The van der Waals surface area contributed by atoms with Crippen molar-refractivity contribution in [3.63, 3.8) is 0 Å². The Labute approximate surface area is 123 Å². The summed E-state index contributed by atoms with van der Waals surface area (Å²) in [5.74, 6) is -0.218. The third kappa shape index (κ3) is 3.11. The van der Waals surface area contributed by atoms with Gasteiger partial charge in [-0.1, -0.05) is 23.4 Å². The van der Waals surface area contributed by atoms with E-state index in [2.05, 4.69) is 20.9 Å². The van der Waals surface area contributed by atoms with Gasteiger partial charge in [0.2, 0.25) is 0 Å². The lowest BCUT2D eigenvalue weighted by atomic mass is 10.1. The van der Waals surface area contributed by atoms with E-state index in [4.69, 9.17) is 0 Å². The van der Waals surface area contributed by atoms with E-state index < -0.39 is 0 Å². The Morgan fingerprint density at radius 3 is 2.86 bits per heavy atom. The molecular weight excluding hydrogens is 266 g/mol. The number of aromatic nitrogens is 3. The average Bonchev–Trinajstić information content (AvgIpc) is 3.00. The van der Waals surface area contributed by atoms with Gasteiger partial charge in [-0.3, -0.25) is 4.79 Å². The molecule has 0 atom stereocenters. The van der Waals surface area contributed by atoms with Crippen molar-refractivity contribution >= 4 is 11.6 Å². The first-order valence-electron chi connectivity index (χ1n) is 7.23. The topological polar surface area (TPSA) is 71.8 Å². The van der Waals surface area contributed by atoms with Crippen LogP contribution in [0.2, 0.25) is 0 Å². The molecule has 1 aromatic heterocycles. The van der Waals surface area contributed by atoms with Gasteiger partial charge in [-0.05, 0) is 44.5 Å². The highest BCUT2D eigenvalue weighted by molar-refractivity contribution is 6.02. The van der Waals surface area contributed by atoms with Crippen LogP contribution in [0.5, 0.6) is 0 Å². The molecule has 1 aromatic carbocycles. The number of piperidine rings is 1. The van der Waals surface area contributed by atoms with Gasteiger partial charge < -0.3 is 10.6 Å². The fourth-order valence-corrected chi connectivity index (χ4v) is 2.53. The van der Waals surface area contributed by atoms with Crippen molar-refractivity contribution < 1.29 is 4.79 Å². The van der Waals surface area contributed by atoms with E-state index in [-0.39, 0.29) is 5.91 Å². The Morgan fingerprint density at radius 2 is 2.10 bits per heavy atom. The van der Waals surface area contributed by atoms with Crippen LogP contribution in [-0.2, 0) is 0 Å². The van der Waals surface area contributed by atoms with Crippen LogP contribution in [0, 0.1) is 6.92 Å². The number of hydrogen-bond donors (Lipinski definition) is 2. The molecule has 0 unspecified atom stereocenters. The fourth-order valence-electron chi connectivity index (χ4n) is 2.53. The molecule has 2 heterocycles. The third-order valence-corrected chi connectivity index (χ3v) is 3.82. The third-order valence-electron chi connectivity index (χ3n) is 3.82. The van der Waals surface area contributed by atoms with E-state index in [1.807, 2.05) is 35.9 Å². The van der Waals surface area contributed by atoms with Crippen LogP contribution in [0.3, 0.4) is 0 Å². The summed E-state index contributed by atoms with van der Waals surface area (Å²) in [5, 5.41) is 14.3. The summed E-state index contributed by atoms with van der Waals surface area (Å²) in [6.07, 6.45) is 3.77. The van der Waals surface area contributed by atoms with Gasteiger partial charge in [0.25, 0.3) is 5.91 Å². The first-order valence-corrected chi connectivity index (χ1v) is 7.23. The van der Waals surface area contributed by atoms with Gasteiger partial charge in [0, 0.05) is 5.69 Å². The minimum atomic E-state index is -0.218. The summed E-state index contributed by atoms with van der Waals surface area (Å²) in [6, 6.07) is 8.01. The maximum atomic E-state index is 12.2. The van der Waals surface area contributed by atoms with Gasteiger partial charge in [0.15, 0.2) is 5.69 Å². The number of anilines is 1. The number of benzene rings is 1. The van der Waals surface area contributed by atoms with Gasteiger partial charge >= 0.3 is 0 Å². The van der Waals surface area contributed by atoms with Gasteiger partial charge in [-0.25, -0.2) is 4.68 Å². The van der Waals surface area contributed by atoms with Crippen molar-refractivity contribution in [2.45, 2.75) is 25.8 Å². The molecule has 0 aliphatic carbocycles. The summed E-state index contributed by atoms with van der Waals surface area (Å²) in [4.78, 5) is 12.2. The van der Waals surface area contributed by atoms with E-state index in [0.29, 0.717) is 11.7 Å². The van der Waals surface area contributed by atoms with E-state index in [1.165, 1.54) is 0 Å². The molecule has 1 aliphatic heterocycles. The van der Waals surface area contributed by atoms with Gasteiger partial charge in [-0.2, -0.15) is 0 Å². The van der Waals surface area contributed by atoms with Crippen LogP contribution >= 0.6 is 0 Å². The molecule has 3 rings (SSSR count). The Balaban J connectivity index is 1.71. The van der Waals surface area contributed by atoms with Gasteiger partial charge in [-0.15, -0.1) is 5.10 Å². The highest BCUT2D eigenvalue weighted by Crippen LogP contribution is 2.18. The second-order valence-corrected chi connectivity index (χ2v) is 5.33. The average molecular weight is 285 g/mol. The number of nitrogens with zero attached hydrogens (tertiary/aromatic N) is 3. The van der Waals surface area contributed by atoms with Crippen LogP contribution in [0.25, 0.3) is 0 Å². The Kier molecular flexibility index (Phi) is 3.96. The van der Waals surface area contributed by atoms with Crippen molar-refractivity contribution in [2.24, 2.45) is 0 Å². The zero-order valence-electron chi connectivity index (χ0n) is 12.0. The maximum Gasteiger partial charge on any atom is 0.277 e. The number of para-hydroxylation sites is 1. The lowest BCUT2D eigenvalue weighted by molar-refractivity contribution is 0.102. The summed E-state index contributed by atoms with van der Waals surface area (Å²) < 4.78 is 1.81. The first kappa shape index (κ1) is 13.8. The second kappa shape index (κ2) is 6.05. The van der Waals surface area contributed by atoms with E-state index in [9.17, 15) is 4.79 Å². The number of carbonyl (C=O) groups is 1. The normalized spacial score (nSPS) is 15.9. The van der Waals surface area contributed by atoms with Crippen LogP contribution in [0.1, 0.15) is 34.9 Å².